The van der Waals surface area contributed by atoms with Crippen LogP contribution in [0.25, 0.3) is 0 Å². The minimum absolute atomic E-state index is 0.0641. The van der Waals surface area contributed by atoms with E-state index in [4.69, 9.17) is 14.2 Å². The number of sulfonamides is 1. The molecule has 0 bridgehead atoms. The van der Waals surface area contributed by atoms with Crippen LogP contribution in [0.15, 0.2) is 71.6 Å². The molecular weight excluding hydrogens is 480 g/mol. The smallest absolute Gasteiger partial charge is 0.241 e. The highest BCUT2D eigenvalue weighted by atomic mass is 32.2. The van der Waals surface area contributed by atoms with Gasteiger partial charge in [-0.3, -0.25) is 4.79 Å². The van der Waals surface area contributed by atoms with Gasteiger partial charge in [-0.1, -0.05) is 36.4 Å². The summed E-state index contributed by atoms with van der Waals surface area (Å²) in [5.41, 5.74) is 2.30. The summed E-state index contributed by atoms with van der Waals surface area (Å²) < 4.78 is 45.1. The van der Waals surface area contributed by atoms with Gasteiger partial charge in [-0.25, -0.2) is 8.42 Å². The van der Waals surface area contributed by atoms with Crippen LogP contribution in [-0.4, -0.2) is 41.2 Å². The Hall–Kier alpha value is -3.56. The van der Waals surface area contributed by atoms with Crippen LogP contribution >= 0.6 is 0 Å². The Labute approximate surface area is 212 Å². The first-order valence-electron chi connectivity index (χ1n) is 11.6. The van der Waals surface area contributed by atoms with Crippen LogP contribution in [0.3, 0.4) is 0 Å². The zero-order valence-electron chi connectivity index (χ0n) is 20.9. The van der Waals surface area contributed by atoms with Crippen molar-refractivity contribution in [3.8, 4) is 17.2 Å². The first-order chi connectivity index (χ1) is 17.3. The first kappa shape index (κ1) is 27.0. The molecule has 0 radical (unpaired) electrons. The van der Waals surface area contributed by atoms with Crippen molar-refractivity contribution in [1.82, 2.24) is 10.0 Å². The summed E-state index contributed by atoms with van der Waals surface area (Å²) in [4.78, 5) is 13.3. The summed E-state index contributed by atoms with van der Waals surface area (Å²) in [6.07, 6.45) is 0.188. The van der Waals surface area contributed by atoms with Crippen molar-refractivity contribution in [1.29, 1.82) is 0 Å². The lowest BCUT2D eigenvalue weighted by atomic mass is 10.1. The van der Waals surface area contributed by atoms with Crippen molar-refractivity contribution in [2.45, 2.75) is 37.8 Å². The van der Waals surface area contributed by atoms with Gasteiger partial charge in [0.15, 0.2) is 11.5 Å². The highest BCUT2D eigenvalue weighted by Gasteiger charge is 2.26. The fourth-order valence-corrected chi connectivity index (χ4v) is 4.98. The van der Waals surface area contributed by atoms with Crippen LogP contribution in [0.1, 0.15) is 23.6 Å². The molecule has 1 atom stereocenters. The van der Waals surface area contributed by atoms with E-state index in [0.717, 1.165) is 11.1 Å². The molecule has 1 amide bonds. The molecule has 3 aromatic rings. The SMILES string of the molecule is CCOc1ccc(S(=O)(=O)NC(Cc2ccccc2)C(=O)NCc2ccc(OC)c(OC)c2)cc1C. The summed E-state index contributed by atoms with van der Waals surface area (Å²) in [5, 5.41) is 2.84. The van der Waals surface area contributed by atoms with Gasteiger partial charge in [-0.05, 0) is 67.3 Å². The summed E-state index contributed by atoms with van der Waals surface area (Å²) in [6, 6.07) is 18.2. The summed E-state index contributed by atoms with van der Waals surface area (Å²) >= 11 is 0. The number of amides is 1. The zero-order chi connectivity index (χ0) is 26.1. The number of hydrogen-bond acceptors (Lipinski definition) is 6. The van der Waals surface area contributed by atoms with Crippen molar-refractivity contribution in [2.24, 2.45) is 0 Å². The molecule has 0 aliphatic rings. The second kappa shape index (κ2) is 12.4. The molecule has 0 aliphatic heterocycles. The minimum atomic E-state index is -3.98. The van der Waals surface area contributed by atoms with E-state index < -0.39 is 22.0 Å². The van der Waals surface area contributed by atoms with E-state index in [9.17, 15) is 13.2 Å². The zero-order valence-corrected chi connectivity index (χ0v) is 21.7. The molecule has 2 N–H and O–H groups in total. The minimum Gasteiger partial charge on any atom is -0.494 e. The van der Waals surface area contributed by atoms with Crippen LogP contribution in [-0.2, 0) is 27.8 Å². The number of hydrogen-bond donors (Lipinski definition) is 2. The molecular formula is C27H32N2O6S. The molecule has 0 saturated heterocycles. The lowest BCUT2D eigenvalue weighted by molar-refractivity contribution is -0.122. The van der Waals surface area contributed by atoms with E-state index in [1.165, 1.54) is 19.2 Å². The topological polar surface area (TPSA) is 103 Å². The third kappa shape index (κ3) is 6.99. The predicted molar refractivity (Wildman–Crippen MR) is 138 cm³/mol. The molecule has 1 unspecified atom stereocenters. The van der Waals surface area contributed by atoms with Crippen molar-refractivity contribution in [3.63, 3.8) is 0 Å². The Kier molecular flexibility index (Phi) is 9.32. The Morgan fingerprint density at radius 2 is 1.58 bits per heavy atom. The average Bonchev–Trinajstić information content (AvgIpc) is 2.88. The molecule has 9 heteroatoms. The lowest BCUT2D eigenvalue weighted by Crippen LogP contribution is -2.47. The van der Waals surface area contributed by atoms with Crippen molar-refractivity contribution in [2.75, 3.05) is 20.8 Å². The first-order valence-corrected chi connectivity index (χ1v) is 13.0. The van der Waals surface area contributed by atoms with E-state index >= 15 is 0 Å². The van der Waals surface area contributed by atoms with Gasteiger partial charge >= 0.3 is 0 Å². The van der Waals surface area contributed by atoms with Gasteiger partial charge in [0, 0.05) is 6.54 Å². The average molecular weight is 513 g/mol. The Morgan fingerprint density at radius 1 is 0.889 bits per heavy atom. The molecule has 0 heterocycles. The van der Waals surface area contributed by atoms with Crippen molar-refractivity contribution >= 4 is 15.9 Å². The highest BCUT2D eigenvalue weighted by Crippen LogP contribution is 2.27. The van der Waals surface area contributed by atoms with Crippen LogP contribution in [0.2, 0.25) is 0 Å². The van der Waals surface area contributed by atoms with Gasteiger partial charge in [-0.2, -0.15) is 4.72 Å². The third-order valence-electron chi connectivity index (χ3n) is 5.57. The van der Waals surface area contributed by atoms with E-state index in [-0.39, 0.29) is 17.9 Å². The maximum absolute atomic E-state index is 13.2. The monoisotopic (exact) mass is 512 g/mol. The molecule has 192 valence electrons. The molecule has 3 aromatic carbocycles. The normalized spacial score (nSPS) is 12.0. The maximum Gasteiger partial charge on any atom is 0.241 e. The van der Waals surface area contributed by atoms with Crippen molar-refractivity contribution < 1.29 is 27.4 Å². The molecule has 0 spiro atoms. The van der Waals surface area contributed by atoms with Gasteiger partial charge in [0.1, 0.15) is 11.8 Å². The summed E-state index contributed by atoms with van der Waals surface area (Å²) in [5.74, 6) is 1.29. The van der Waals surface area contributed by atoms with Gasteiger partial charge in [0.2, 0.25) is 15.9 Å². The van der Waals surface area contributed by atoms with Gasteiger partial charge < -0.3 is 19.5 Å². The number of benzene rings is 3. The molecule has 0 aromatic heterocycles. The number of carbonyl (C=O) groups excluding carboxylic acids is 1. The molecule has 0 fully saturated rings. The Bertz CT molecular complexity index is 1280. The third-order valence-corrected chi connectivity index (χ3v) is 7.04. The van der Waals surface area contributed by atoms with Crippen LogP contribution < -0.4 is 24.2 Å². The number of methoxy groups -OCH3 is 2. The molecule has 0 saturated carbocycles. The fourth-order valence-electron chi connectivity index (χ4n) is 3.70. The molecule has 8 nitrogen and oxygen atoms in total. The van der Waals surface area contributed by atoms with Gasteiger partial charge in [0.05, 0.1) is 25.7 Å². The van der Waals surface area contributed by atoms with Crippen LogP contribution in [0.4, 0.5) is 0 Å². The van der Waals surface area contributed by atoms with Crippen molar-refractivity contribution in [3.05, 3.63) is 83.4 Å². The van der Waals surface area contributed by atoms with Crippen LogP contribution in [0.5, 0.6) is 17.2 Å². The second-order valence-electron chi connectivity index (χ2n) is 8.13. The molecule has 36 heavy (non-hydrogen) atoms. The molecule has 3 rings (SSSR count). The summed E-state index contributed by atoms with van der Waals surface area (Å²) in [7, 11) is -0.902. The number of carbonyl (C=O) groups is 1. The second-order valence-corrected chi connectivity index (χ2v) is 9.85. The predicted octanol–water partition coefficient (Wildman–Crippen LogP) is 3.62. The van der Waals surface area contributed by atoms with E-state index in [1.807, 2.05) is 37.3 Å². The largest absolute Gasteiger partial charge is 0.494 e. The van der Waals surface area contributed by atoms with Crippen LogP contribution in [0, 0.1) is 6.92 Å². The van der Waals surface area contributed by atoms with E-state index in [0.29, 0.717) is 29.4 Å². The standard InChI is InChI=1S/C27H32N2O6S/c1-5-35-24-14-12-22(15-19(24)2)36(31,32)29-23(16-20-9-7-6-8-10-20)27(30)28-18-21-11-13-25(33-3)26(17-21)34-4/h6-15,17,23,29H,5,16,18H2,1-4H3,(H,28,30). The summed E-state index contributed by atoms with van der Waals surface area (Å²) in [6.45, 7) is 4.31. The number of aryl methyl sites for hydroxylation is 1. The molecule has 0 aliphatic carbocycles. The maximum atomic E-state index is 13.2. The van der Waals surface area contributed by atoms with E-state index in [2.05, 4.69) is 10.0 Å². The Balaban J connectivity index is 1.81. The quantitative estimate of drug-likeness (QED) is 0.384. The number of ether oxygens (including phenoxy) is 3. The fraction of sp³-hybridized carbons (Fsp3) is 0.296. The lowest BCUT2D eigenvalue weighted by Gasteiger charge is -2.19. The number of rotatable bonds is 12. The van der Waals surface area contributed by atoms with Gasteiger partial charge in [0.25, 0.3) is 0 Å². The van der Waals surface area contributed by atoms with Gasteiger partial charge in [-0.15, -0.1) is 0 Å². The highest BCUT2D eigenvalue weighted by molar-refractivity contribution is 7.89. The number of nitrogens with one attached hydrogen (secondary N) is 2. The van der Waals surface area contributed by atoms with E-state index in [1.54, 1.807) is 38.3 Å². The Morgan fingerprint density at radius 3 is 2.22 bits per heavy atom.